The number of hydrogen-bond acceptors (Lipinski definition) is 4. The molecule has 1 fully saturated rings. The Morgan fingerprint density at radius 1 is 1.33 bits per heavy atom. The molecule has 1 heterocycles. The molecule has 1 aliphatic heterocycles. The van der Waals surface area contributed by atoms with E-state index >= 15 is 0 Å². The van der Waals surface area contributed by atoms with E-state index in [1.807, 2.05) is 18.2 Å². The number of anilines is 1. The van der Waals surface area contributed by atoms with E-state index in [9.17, 15) is 0 Å². The molecule has 0 aromatic heterocycles. The van der Waals surface area contributed by atoms with E-state index in [4.69, 9.17) is 10.8 Å². The summed E-state index contributed by atoms with van der Waals surface area (Å²) in [4.78, 5) is 2.28. The van der Waals surface area contributed by atoms with Gasteiger partial charge in [-0.2, -0.15) is 0 Å². The summed E-state index contributed by atoms with van der Waals surface area (Å²) in [6, 6.07) is 10.4. The fourth-order valence-corrected chi connectivity index (χ4v) is 2.53. The molecule has 4 N–H and O–H groups in total. The number of rotatable bonds is 5. The number of nitrogens with two attached hydrogens (primary N) is 1. The van der Waals surface area contributed by atoms with Crippen molar-refractivity contribution in [2.45, 2.75) is 31.5 Å². The Morgan fingerprint density at radius 3 is 2.78 bits per heavy atom. The zero-order valence-corrected chi connectivity index (χ0v) is 10.8. The smallest absolute Gasteiger partial charge is 0.0949 e. The SMILES string of the molecule is NC1CCCNC1N(CCCO)c1ccccc1. The Morgan fingerprint density at radius 2 is 2.11 bits per heavy atom. The summed E-state index contributed by atoms with van der Waals surface area (Å²) in [5.74, 6) is 0. The zero-order chi connectivity index (χ0) is 12.8. The molecular formula is C14H23N3O. The van der Waals surface area contributed by atoms with Gasteiger partial charge in [-0.3, -0.25) is 5.32 Å². The van der Waals surface area contributed by atoms with Gasteiger partial charge in [-0.05, 0) is 37.9 Å². The molecule has 1 aromatic rings. The minimum atomic E-state index is 0.151. The highest BCUT2D eigenvalue weighted by Gasteiger charge is 2.27. The second kappa shape index (κ2) is 6.73. The first-order valence-corrected chi connectivity index (χ1v) is 6.74. The van der Waals surface area contributed by atoms with Gasteiger partial charge in [0.25, 0.3) is 0 Å². The fourth-order valence-electron chi connectivity index (χ4n) is 2.53. The first-order valence-electron chi connectivity index (χ1n) is 6.74. The Labute approximate surface area is 109 Å². The molecule has 100 valence electrons. The number of aliphatic hydroxyl groups excluding tert-OH is 1. The van der Waals surface area contributed by atoms with Crippen molar-refractivity contribution in [3.63, 3.8) is 0 Å². The first-order chi connectivity index (χ1) is 8.83. The Balaban J connectivity index is 2.13. The van der Waals surface area contributed by atoms with E-state index in [2.05, 4.69) is 22.3 Å². The van der Waals surface area contributed by atoms with Crippen molar-refractivity contribution in [3.8, 4) is 0 Å². The average Bonchev–Trinajstić information content (AvgIpc) is 2.42. The quantitative estimate of drug-likeness (QED) is 0.726. The number of nitrogens with one attached hydrogen (secondary N) is 1. The van der Waals surface area contributed by atoms with Crippen molar-refractivity contribution in [3.05, 3.63) is 30.3 Å². The van der Waals surface area contributed by atoms with Crippen LogP contribution in [0.25, 0.3) is 0 Å². The number of para-hydroxylation sites is 1. The maximum atomic E-state index is 9.05. The van der Waals surface area contributed by atoms with Gasteiger partial charge < -0.3 is 15.7 Å². The summed E-state index contributed by atoms with van der Waals surface area (Å²) in [6.45, 7) is 2.05. The summed E-state index contributed by atoms with van der Waals surface area (Å²) in [5.41, 5.74) is 7.39. The first kappa shape index (κ1) is 13.3. The molecule has 1 aromatic carbocycles. The number of nitrogens with zero attached hydrogens (tertiary/aromatic N) is 1. The fraction of sp³-hybridized carbons (Fsp3) is 0.571. The Kier molecular flexibility index (Phi) is 4.99. The highest BCUT2D eigenvalue weighted by molar-refractivity contribution is 5.47. The van der Waals surface area contributed by atoms with Crippen LogP contribution in [-0.4, -0.2) is 37.0 Å². The van der Waals surface area contributed by atoms with E-state index in [1.54, 1.807) is 0 Å². The average molecular weight is 249 g/mol. The molecule has 4 heteroatoms. The molecule has 2 atom stereocenters. The van der Waals surface area contributed by atoms with Crippen LogP contribution in [0.15, 0.2) is 30.3 Å². The van der Waals surface area contributed by atoms with Gasteiger partial charge in [-0.25, -0.2) is 0 Å². The second-order valence-corrected chi connectivity index (χ2v) is 4.81. The third-order valence-electron chi connectivity index (χ3n) is 3.45. The summed E-state index contributed by atoms with van der Waals surface area (Å²) >= 11 is 0. The van der Waals surface area contributed by atoms with Crippen LogP contribution >= 0.6 is 0 Å². The van der Waals surface area contributed by atoms with Gasteiger partial charge in [0.1, 0.15) is 0 Å². The van der Waals surface area contributed by atoms with Crippen molar-refractivity contribution in [1.29, 1.82) is 0 Å². The highest BCUT2D eigenvalue weighted by atomic mass is 16.3. The normalized spacial score (nSPS) is 23.9. The van der Waals surface area contributed by atoms with E-state index in [1.165, 1.54) is 5.69 Å². The lowest BCUT2D eigenvalue weighted by Crippen LogP contribution is -2.59. The molecule has 4 nitrogen and oxygen atoms in total. The molecule has 0 saturated carbocycles. The molecule has 18 heavy (non-hydrogen) atoms. The monoisotopic (exact) mass is 249 g/mol. The lowest BCUT2D eigenvalue weighted by molar-refractivity contribution is 0.279. The lowest BCUT2D eigenvalue weighted by atomic mass is 10.0. The zero-order valence-electron chi connectivity index (χ0n) is 10.8. The van der Waals surface area contributed by atoms with Gasteiger partial charge >= 0.3 is 0 Å². The van der Waals surface area contributed by atoms with Gasteiger partial charge in [0.15, 0.2) is 0 Å². The summed E-state index contributed by atoms with van der Waals surface area (Å²) in [7, 11) is 0. The molecule has 0 radical (unpaired) electrons. The van der Waals surface area contributed by atoms with Crippen LogP contribution in [-0.2, 0) is 0 Å². The maximum absolute atomic E-state index is 9.05. The third-order valence-corrected chi connectivity index (χ3v) is 3.45. The van der Waals surface area contributed by atoms with E-state index in [-0.39, 0.29) is 18.8 Å². The van der Waals surface area contributed by atoms with E-state index in [0.29, 0.717) is 0 Å². The van der Waals surface area contributed by atoms with Gasteiger partial charge in [0, 0.05) is 24.9 Å². The molecule has 0 amide bonds. The molecular weight excluding hydrogens is 226 g/mol. The van der Waals surface area contributed by atoms with Crippen LogP contribution in [0.5, 0.6) is 0 Å². The van der Waals surface area contributed by atoms with Crippen LogP contribution in [0.1, 0.15) is 19.3 Å². The van der Waals surface area contributed by atoms with Crippen LogP contribution in [0.3, 0.4) is 0 Å². The molecule has 0 spiro atoms. The van der Waals surface area contributed by atoms with Gasteiger partial charge in [-0.1, -0.05) is 18.2 Å². The lowest BCUT2D eigenvalue weighted by Gasteiger charge is -2.40. The highest BCUT2D eigenvalue weighted by Crippen LogP contribution is 2.20. The molecule has 2 unspecified atom stereocenters. The summed E-state index contributed by atoms with van der Waals surface area (Å²) in [6.07, 6.45) is 3.13. The minimum absolute atomic E-state index is 0.151. The van der Waals surface area contributed by atoms with E-state index < -0.39 is 0 Å². The van der Waals surface area contributed by atoms with Crippen LogP contribution in [0.4, 0.5) is 5.69 Å². The molecule has 1 saturated heterocycles. The minimum Gasteiger partial charge on any atom is -0.396 e. The summed E-state index contributed by atoms with van der Waals surface area (Å²) in [5, 5.41) is 12.5. The number of benzene rings is 1. The number of hydrogen-bond donors (Lipinski definition) is 3. The van der Waals surface area contributed by atoms with Crippen molar-refractivity contribution in [2.24, 2.45) is 5.73 Å². The third kappa shape index (κ3) is 3.22. The van der Waals surface area contributed by atoms with Crippen molar-refractivity contribution >= 4 is 5.69 Å². The summed E-state index contributed by atoms with van der Waals surface area (Å²) < 4.78 is 0. The van der Waals surface area contributed by atoms with Gasteiger partial charge in [-0.15, -0.1) is 0 Å². The Hall–Kier alpha value is -1.10. The number of piperidine rings is 1. The maximum Gasteiger partial charge on any atom is 0.0949 e. The molecule has 1 aliphatic rings. The standard InChI is InChI=1S/C14H23N3O/c15-13-8-4-9-16-14(13)17(10-5-11-18)12-6-2-1-3-7-12/h1-3,6-7,13-14,16,18H,4-5,8-11,15H2. The van der Waals surface area contributed by atoms with Crippen LogP contribution < -0.4 is 16.0 Å². The van der Waals surface area contributed by atoms with E-state index in [0.717, 1.165) is 32.4 Å². The van der Waals surface area contributed by atoms with Crippen LogP contribution in [0, 0.1) is 0 Å². The molecule has 0 bridgehead atoms. The van der Waals surface area contributed by atoms with Gasteiger partial charge in [0.05, 0.1) is 6.17 Å². The predicted molar refractivity (Wildman–Crippen MR) is 74.5 cm³/mol. The predicted octanol–water partition coefficient (Wildman–Crippen LogP) is 0.912. The van der Waals surface area contributed by atoms with Crippen molar-refractivity contribution in [1.82, 2.24) is 5.32 Å². The molecule has 2 rings (SSSR count). The van der Waals surface area contributed by atoms with Gasteiger partial charge in [0.2, 0.25) is 0 Å². The topological polar surface area (TPSA) is 61.5 Å². The van der Waals surface area contributed by atoms with Crippen LogP contribution in [0.2, 0.25) is 0 Å². The largest absolute Gasteiger partial charge is 0.396 e. The Bertz CT molecular complexity index is 344. The number of aliphatic hydroxyl groups is 1. The second-order valence-electron chi connectivity index (χ2n) is 4.81. The molecule has 0 aliphatic carbocycles. The van der Waals surface area contributed by atoms with Crippen molar-refractivity contribution in [2.75, 3.05) is 24.6 Å². The van der Waals surface area contributed by atoms with Crippen molar-refractivity contribution < 1.29 is 5.11 Å².